The SMILES string of the molecule is CCCNC(C)c1ccc(NC(=C2C(=O)Nc3cc(F)ccc32)c2cccc(CCC(=O)O)c2)cc1. The van der Waals surface area contributed by atoms with Crippen molar-refractivity contribution in [2.45, 2.75) is 39.2 Å². The fraction of sp³-hybridized carbons (Fsp3) is 0.241. The number of halogens is 1. The maximum absolute atomic E-state index is 13.8. The zero-order valence-corrected chi connectivity index (χ0v) is 20.4. The number of aryl methyl sites for hydroxylation is 1. The van der Waals surface area contributed by atoms with Crippen LogP contribution < -0.4 is 16.0 Å². The second kappa shape index (κ2) is 11.2. The Morgan fingerprint density at radius 1 is 1.08 bits per heavy atom. The molecule has 0 bridgehead atoms. The molecule has 6 nitrogen and oxygen atoms in total. The van der Waals surface area contributed by atoms with Gasteiger partial charge in [0.05, 0.1) is 17.0 Å². The van der Waals surface area contributed by atoms with Gasteiger partial charge in [-0.1, -0.05) is 37.3 Å². The van der Waals surface area contributed by atoms with E-state index in [0.717, 1.165) is 35.3 Å². The number of hydrogen-bond donors (Lipinski definition) is 4. The summed E-state index contributed by atoms with van der Waals surface area (Å²) >= 11 is 0. The number of carboxylic acid groups (broad SMARTS) is 1. The van der Waals surface area contributed by atoms with Crippen LogP contribution in [0.25, 0.3) is 11.3 Å². The van der Waals surface area contributed by atoms with Gasteiger partial charge in [-0.2, -0.15) is 0 Å². The molecule has 1 unspecified atom stereocenters. The number of rotatable bonds is 10. The van der Waals surface area contributed by atoms with E-state index in [0.29, 0.717) is 28.9 Å². The lowest BCUT2D eigenvalue weighted by Crippen LogP contribution is -2.19. The lowest BCUT2D eigenvalue weighted by Gasteiger charge is -2.17. The molecule has 1 aliphatic heterocycles. The molecule has 7 heteroatoms. The molecule has 0 saturated carbocycles. The average Bonchev–Trinajstić information content (AvgIpc) is 3.19. The average molecular weight is 488 g/mol. The molecule has 1 atom stereocenters. The molecule has 0 fully saturated rings. The molecular formula is C29H30FN3O3. The van der Waals surface area contributed by atoms with Gasteiger partial charge >= 0.3 is 5.97 Å². The van der Waals surface area contributed by atoms with Crippen LogP contribution in [-0.4, -0.2) is 23.5 Å². The Morgan fingerprint density at radius 2 is 1.86 bits per heavy atom. The fourth-order valence-electron chi connectivity index (χ4n) is 4.28. The van der Waals surface area contributed by atoms with Crippen LogP contribution in [0.3, 0.4) is 0 Å². The minimum Gasteiger partial charge on any atom is -0.481 e. The molecule has 3 aromatic carbocycles. The predicted molar refractivity (Wildman–Crippen MR) is 141 cm³/mol. The van der Waals surface area contributed by atoms with Gasteiger partial charge in [0.25, 0.3) is 5.91 Å². The van der Waals surface area contributed by atoms with Crippen LogP contribution in [0.1, 0.15) is 55.0 Å². The summed E-state index contributed by atoms with van der Waals surface area (Å²) in [6.07, 6.45) is 1.44. The number of fused-ring (bicyclic) bond motifs is 1. The molecule has 0 aromatic heterocycles. The van der Waals surface area contributed by atoms with Crippen molar-refractivity contribution < 1.29 is 19.1 Å². The number of hydrogen-bond acceptors (Lipinski definition) is 4. The fourth-order valence-corrected chi connectivity index (χ4v) is 4.28. The first kappa shape index (κ1) is 25.1. The van der Waals surface area contributed by atoms with E-state index in [1.165, 1.54) is 12.1 Å². The number of aliphatic carboxylic acids is 1. The zero-order chi connectivity index (χ0) is 25.7. The largest absolute Gasteiger partial charge is 0.481 e. The number of anilines is 2. The Labute approximate surface area is 210 Å². The summed E-state index contributed by atoms with van der Waals surface area (Å²) in [5.74, 6) is -1.63. The summed E-state index contributed by atoms with van der Waals surface area (Å²) < 4.78 is 13.8. The number of benzene rings is 3. The Balaban J connectivity index is 1.74. The molecule has 1 aliphatic rings. The van der Waals surface area contributed by atoms with Gasteiger partial charge < -0.3 is 21.1 Å². The number of carbonyl (C=O) groups excluding carboxylic acids is 1. The molecule has 1 heterocycles. The van der Waals surface area contributed by atoms with E-state index in [9.17, 15) is 14.0 Å². The molecule has 186 valence electrons. The van der Waals surface area contributed by atoms with Crippen LogP contribution in [0.4, 0.5) is 15.8 Å². The quantitative estimate of drug-likeness (QED) is 0.270. The van der Waals surface area contributed by atoms with Gasteiger partial charge in [-0.25, -0.2) is 4.39 Å². The summed E-state index contributed by atoms with van der Waals surface area (Å²) in [4.78, 5) is 24.1. The number of nitrogens with one attached hydrogen (secondary N) is 3. The van der Waals surface area contributed by atoms with Gasteiger partial charge in [-0.05, 0) is 79.4 Å². The highest BCUT2D eigenvalue weighted by atomic mass is 19.1. The van der Waals surface area contributed by atoms with Gasteiger partial charge in [-0.15, -0.1) is 0 Å². The minimum absolute atomic E-state index is 0.0110. The van der Waals surface area contributed by atoms with E-state index in [2.05, 4.69) is 29.8 Å². The lowest BCUT2D eigenvalue weighted by molar-refractivity contribution is -0.137. The second-order valence-electron chi connectivity index (χ2n) is 8.91. The Hall–Kier alpha value is -3.97. The maximum atomic E-state index is 13.8. The van der Waals surface area contributed by atoms with Gasteiger partial charge in [0.2, 0.25) is 0 Å². The number of amides is 1. The van der Waals surface area contributed by atoms with Crippen molar-refractivity contribution in [1.29, 1.82) is 0 Å². The monoisotopic (exact) mass is 487 g/mol. The van der Waals surface area contributed by atoms with Crippen LogP contribution in [0.15, 0.2) is 66.7 Å². The van der Waals surface area contributed by atoms with Gasteiger partial charge in [0, 0.05) is 23.7 Å². The van der Waals surface area contributed by atoms with E-state index in [1.807, 2.05) is 48.5 Å². The molecular weight excluding hydrogens is 457 g/mol. The van der Waals surface area contributed by atoms with Crippen molar-refractivity contribution in [2.75, 3.05) is 17.2 Å². The first-order chi connectivity index (χ1) is 17.4. The van der Waals surface area contributed by atoms with Crippen molar-refractivity contribution in [1.82, 2.24) is 5.32 Å². The Kier molecular flexibility index (Phi) is 7.80. The molecule has 4 rings (SSSR count). The van der Waals surface area contributed by atoms with E-state index >= 15 is 0 Å². The second-order valence-corrected chi connectivity index (χ2v) is 8.91. The Morgan fingerprint density at radius 3 is 2.58 bits per heavy atom. The zero-order valence-electron chi connectivity index (χ0n) is 20.4. The predicted octanol–water partition coefficient (Wildman–Crippen LogP) is 5.84. The summed E-state index contributed by atoms with van der Waals surface area (Å²) in [5.41, 5.74) is 5.53. The first-order valence-electron chi connectivity index (χ1n) is 12.1. The summed E-state index contributed by atoms with van der Waals surface area (Å²) in [6, 6.07) is 19.9. The van der Waals surface area contributed by atoms with Crippen LogP contribution in [0.2, 0.25) is 0 Å². The van der Waals surface area contributed by atoms with Gasteiger partial charge in [0.15, 0.2) is 0 Å². The molecule has 0 spiro atoms. The van der Waals surface area contributed by atoms with Crippen molar-refractivity contribution in [3.63, 3.8) is 0 Å². The van der Waals surface area contributed by atoms with Crippen LogP contribution in [-0.2, 0) is 16.0 Å². The van der Waals surface area contributed by atoms with E-state index < -0.39 is 11.8 Å². The molecule has 0 aliphatic carbocycles. The molecule has 1 amide bonds. The van der Waals surface area contributed by atoms with E-state index in [1.54, 1.807) is 6.07 Å². The van der Waals surface area contributed by atoms with Crippen molar-refractivity contribution in [3.8, 4) is 0 Å². The molecule has 3 aromatic rings. The smallest absolute Gasteiger partial charge is 0.303 e. The van der Waals surface area contributed by atoms with Crippen LogP contribution >= 0.6 is 0 Å². The highest BCUT2D eigenvalue weighted by Crippen LogP contribution is 2.38. The van der Waals surface area contributed by atoms with E-state index in [4.69, 9.17) is 5.11 Å². The van der Waals surface area contributed by atoms with Crippen molar-refractivity contribution in [2.24, 2.45) is 0 Å². The van der Waals surface area contributed by atoms with Crippen LogP contribution in [0.5, 0.6) is 0 Å². The first-order valence-corrected chi connectivity index (χ1v) is 12.1. The summed E-state index contributed by atoms with van der Waals surface area (Å²) in [6.45, 7) is 5.18. The van der Waals surface area contributed by atoms with E-state index in [-0.39, 0.29) is 18.4 Å². The third-order valence-electron chi connectivity index (χ3n) is 6.20. The topological polar surface area (TPSA) is 90.5 Å². The van der Waals surface area contributed by atoms with Crippen LogP contribution in [0, 0.1) is 5.82 Å². The highest BCUT2D eigenvalue weighted by molar-refractivity contribution is 6.37. The lowest BCUT2D eigenvalue weighted by atomic mass is 9.97. The Bertz CT molecular complexity index is 1300. The third kappa shape index (κ3) is 5.80. The maximum Gasteiger partial charge on any atom is 0.303 e. The van der Waals surface area contributed by atoms with Gasteiger partial charge in [0.1, 0.15) is 5.82 Å². The standard InChI is InChI=1S/C29H30FN3O3/c1-3-15-31-18(2)20-8-11-23(12-9-20)32-28(21-6-4-5-19(16-21)7-14-26(34)35)27-24-13-10-22(30)17-25(24)33-29(27)36/h4-6,8-13,16-18,31-32H,3,7,14-15H2,1-2H3,(H,33,36)(H,34,35). The summed E-state index contributed by atoms with van der Waals surface area (Å²) in [5, 5.41) is 18.7. The molecule has 0 radical (unpaired) electrons. The molecule has 36 heavy (non-hydrogen) atoms. The number of carboxylic acids is 1. The normalized spacial score (nSPS) is 14.7. The number of carbonyl (C=O) groups is 2. The minimum atomic E-state index is -0.869. The van der Waals surface area contributed by atoms with Crippen molar-refractivity contribution >= 4 is 34.5 Å². The highest BCUT2D eigenvalue weighted by Gasteiger charge is 2.29. The molecule has 0 saturated heterocycles. The van der Waals surface area contributed by atoms with Gasteiger partial charge in [-0.3, -0.25) is 9.59 Å². The molecule has 4 N–H and O–H groups in total. The van der Waals surface area contributed by atoms with Crippen molar-refractivity contribution in [3.05, 3.63) is 94.8 Å². The summed E-state index contributed by atoms with van der Waals surface area (Å²) in [7, 11) is 0. The third-order valence-corrected chi connectivity index (χ3v) is 6.20.